The summed E-state index contributed by atoms with van der Waals surface area (Å²) >= 11 is 0. The van der Waals surface area contributed by atoms with Gasteiger partial charge in [-0.1, -0.05) is 19.0 Å². The number of rotatable bonds is 3. The highest BCUT2D eigenvalue weighted by atomic mass is 16.5. The maximum Gasteiger partial charge on any atom is 0.230 e. The molecule has 0 aromatic carbocycles. The fraction of sp³-hybridized carbons (Fsp3) is 0.571. The Hall–Kier alpha value is -1.98. The number of oxazole rings is 1. The molecule has 1 saturated carbocycles. The molecule has 20 heavy (non-hydrogen) atoms. The van der Waals surface area contributed by atoms with Crippen LogP contribution in [0.4, 0.5) is 0 Å². The quantitative estimate of drug-likeness (QED) is 0.856. The fourth-order valence-electron chi connectivity index (χ4n) is 3.03. The lowest BCUT2D eigenvalue weighted by Crippen LogP contribution is -2.46. The van der Waals surface area contributed by atoms with Gasteiger partial charge in [0.2, 0.25) is 11.7 Å². The van der Waals surface area contributed by atoms with Crippen molar-refractivity contribution in [1.82, 2.24) is 15.1 Å². The van der Waals surface area contributed by atoms with E-state index in [9.17, 15) is 4.79 Å². The van der Waals surface area contributed by atoms with Crippen molar-refractivity contribution in [3.63, 3.8) is 0 Å². The molecule has 0 amide bonds. The van der Waals surface area contributed by atoms with Gasteiger partial charge in [0.25, 0.3) is 0 Å². The Morgan fingerprint density at radius 3 is 2.75 bits per heavy atom. The monoisotopic (exact) mass is 275 g/mol. The van der Waals surface area contributed by atoms with Gasteiger partial charge in [0.05, 0.1) is 0 Å². The van der Waals surface area contributed by atoms with Crippen molar-refractivity contribution in [2.45, 2.75) is 40.0 Å². The first-order valence-electron chi connectivity index (χ1n) is 6.65. The summed E-state index contributed by atoms with van der Waals surface area (Å²) in [4.78, 5) is 20.1. The molecule has 2 aromatic rings. The molecule has 6 nitrogen and oxygen atoms in total. The molecule has 3 rings (SSSR count). The van der Waals surface area contributed by atoms with Crippen LogP contribution in [0.3, 0.4) is 0 Å². The SMILES string of the molecule is CC(=O)[C@@H]1C[C@H](c2nc(-c3ncoc3C)no2)C1(C)C. The first-order valence-corrected chi connectivity index (χ1v) is 6.65. The third-order valence-corrected chi connectivity index (χ3v) is 4.45. The number of hydrogen-bond donors (Lipinski definition) is 0. The first kappa shape index (κ1) is 13.0. The van der Waals surface area contributed by atoms with Gasteiger partial charge in [-0.2, -0.15) is 4.98 Å². The van der Waals surface area contributed by atoms with Crippen LogP contribution in [0, 0.1) is 18.3 Å². The molecule has 0 radical (unpaired) electrons. The van der Waals surface area contributed by atoms with Crippen molar-refractivity contribution < 1.29 is 13.7 Å². The molecule has 1 fully saturated rings. The van der Waals surface area contributed by atoms with E-state index >= 15 is 0 Å². The molecule has 6 heteroatoms. The lowest BCUT2D eigenvalue weighted by molar-refractivity contribution is -0.132. The van der Waals surface area contributed by atoms with Gasteiger partial charge in [-0.3, -0.25) is 4.79 Å². The minimum atomic E-state index is -0.144. The van der Waals surface area contributed by atoms with E-state index in [2.05, 4.69) is 29.0 Å². The standard InChI is InChI=1S/C14H17N3O3/c1-7(18)9-5-10(14(9,3)4)13-16-12(17-20-13)11-8(2)19-6-15-11/h6,9-10H,5H2,1-4H3/t9-,10+/m0/s1. The Morgan fingerprint density at radius 2 is 2.20 bits per heavy atom. The topological polar surface area (TPSA) is 82.0 Å². The van der Waals surface area contributed by atoms with Crippen molar-refractivity contribution in [3.05, 3.63) is 18.0 Å². The molecule has 0 N–H and O–H groups in total. The van der Waals surface area contributed by atoms with Crippen LogP contribution in [0.1, 0.15) is 44.8 Å². The first-order chi connectivity index (χ1) is 9.41. The minimum absolute atomic E-state index is 0.0663. The number of Topliss-reactive ketones (excluding diaryl/α,β-unsaturated/α-hetero) is 1. The summed E-state index contributed by atoms with van der Waals surface area (Å²) in [6, 6.07) is 0. The van der Waals surface area contributed by atoms with Crippen molar-refractivity contribution in [3.8, 4) is 11.5 Å². The molecule has 2 atom stereocenters. The number of hydrogen-bond acceptors (Lipinski definition) is 6. The summed E-state index contributed by atoms with van der Waals surface area (Å²) in [5.41, 5.74) is 0.453. The average Bonchev–Trinajstić information content (AvgIpc) is 2.96. The van der Waals surface area contributed by atoms with Gasteiger partial charge in [0.1, 0.15) is 11.5 Å². The summed E-state index contributed by atoms with van der Waals surface area (Å²) in [5, 5.41) is 3.96. The summed E-state index contributed by atoms with van der Waals surface area (Å²) < 4.78 is 10.5. The fourth-order valence-corrected chi connectivity index (χ4v) is 3.03. The van der Waals surface area contributed by atoms with Gasteiger partial charge in [0.15, 0.2) is 12.1 Å². The number of aromatic nitrogens is 3. The van der Waals surface area contributed by atoms with Gasteiger partial charge in [-0.25, -0.2) is 4.98 Å². The van der Waals surface area contributed by atoms with Crippen molar-refractivity contribution in [2.24, 2.45) is 11.3 Å². The molecule has 2 aromatic heterocycles. The number of ketones is 1. The second-order valence-corrected chi connectivity index (χ2v) is 5.99. The smallest absolute Gasteiger partial charge is 0.230 e. The van der Waals surface area contributed by atoms with E-state index in [0.717, 1.165) is 6.42 Å². The summed E-state index contributed by atoms with van der Waals surface area (Å²) in [6.07, 6.45) is 2.13. The Kier molecular flexibility index (Phi) is 2.77. The van der Waals surface area contributed by atoms with Crippen LogP contribution in [-0.2, 0) is 4.79 Å². The Labute approximate surface area is 116 Å². The largest absolute Gasteiger partial charge is 0.448 e. The molecule has 0 spiro atoms. The Balaban J connectivity index is 1.86. The maximum atomic E-state index is 11.6. The van der Waals surface area contributed by atoms with E-state index in [1.165, 1.54) is 6.39 Å². The van der Waals surface area contributed by atoms with Crippen LogP contribution in [0.15, 0.2) is 15.3 Å². The van der Waals surface area contributed by atoms with Crippen LogP contribution in [0.25, 0.3) is 11.5 Å². The van der Waals surface area contributed by atoms with Crippen LogP contribution < -0.4 is 0 Å². The zero-order valence-electron chi connectivity index (χ0n) is 12.0. The predicted octanol–water partition coefficient (Wildman–Crippen LogP) is 2.75. The Bertz CT molecular complexity index is 656. The normalized spacial score (nSPS) is 24.4. The maximum absolute atomic E-state index is 11.6. The molecule has 2 heterocycles. The summed E-state index contributed by atoms with van der Waals surface area (Å²) in [6.45, 7) is 7.58. The van der Waals surface area contributed by atoms with Crippen molar-refractivity contribution in [2.75, 3.05) is 0 Å². The van der Waals surface area contributed by atoms with E-state index in [1.807, 2.05) is 0 Å². The Morgan fingerprint density at radius 1 is 1.45 bits per heavy atom. The highest BCUT2D eigenvalue weighted by Crippen LogP contribution is 2.56. The molecule has 106 valence electrons. The van der Waals surface area contributed by atoms with Gasteiger partial charge in [0, 0.05) is 11.8 Å². The molecule has 0 saturated heterocycles. The highest BCUT2D eigenvalue weighted by molar-refractivity contribution is 5.80. The molecule has 0 bridgehead atoms. The van der Waals surface area contributed by atoms with Crippen molar-refractivity contribution >= 4 is 5.78 Å². The van der Waals surface area contributed by atoms with Crippen LogP contribution in [0.5, 0.6) is 0 Å². The summed E-state index contributed by atoms with van der Waals surface area (Å²) in [7, 11) is 0. The van der Waals surface area contributed by atoms with Gasteiger partial charge >= 0.3 is 0 Å². The number of carbonyl (C=O) groups is 1. The molecule has 0 unspecified atom stereocenters. The molecular formula is C14H17N3O3. The zero-order chi connectivity index (χ0) is 14.5. The van der Waals surface area contributed by atoms with E-state index in [1.54, 1.807) is 13.8 Å². The lowest BCUT2D eigenvalue weighted by atomic mass is 9.53. The summed E-state index contributed by atoms with van der Waals surface area (Å²) in [5.74, 6) is 2.07. The molecule has 1 aliphatic rings. The molecule has 0 aliphatic heterocycles. The van der Waals surface area contributed by atoms with Crippen LogP contribution in [0.2, 0.25) is 0 Å². The highest BCUT2D eigenvalue weighted by Gasteiger charge is 2.53. The average molecular weight is 275 g/mol. The second kappa shape index (κ2) is 4.26. The lowest BCUT2D eigenvalue weighted by Gasteiger charge is -2.49. The van der Waals surface area contributed by atoms with Crippen LogP contribution in [-0.4, -0.2) is 20.9 Å². The third-order valence-electron chi connectivity index (χ3n) is 4.45. The van der Waals surface area contributed by atoms with E-state index in [-0.39, 0.29) is 23.0 Å². The van der Waals surface area contributed by atoms with E-state index < -0.39 is 0 Å². The number of nitrogens with zero attached hydrogens (tertiary/aromatic N) is 3. The van der Waals surface area contributed by atoms with Crippen molar-refractivity contribution in [1.29, 1.82) is 0 Å². The number of aryl methyl sites for hydroxylation is 1. The zero-order valence-corrected chi connectivity index (χ0v) is 12.0. The van der Waals surface area contributed by atoms with Gasteiger partial charge in [-0.05, 0) is 25.7 Å². The van der Waals surface area contributed by atoms with Gasteiger partial charge < -0.3 is 8.94 Å². The van der Waals surface area contributed by atoms with E-state index in [4.69, 9.17) is 8.94 Å². The minimum Gasteiger partial charge on any atom is -0.448 e. The molecular weight excluding hydrogens is 258 g/mol. The van der Waals surface area contributed by atoms with E-state index in [0.29, 0.717) is 23.2 Å². The predicted molar refractivity (Wildman–Crippen MR) is 69.8 cm³/mol. The molecule has 1 aliphatic carbocycles. The van der Waals surface area contributed by atoms with Crippen LogP contribution >= 0.6 is 0 Å². The third kappa shape index (κ3) is 1.78. The number of carbonyl (C=O) groups excluding carboxylic acids is 1. The van der Waals surface area contributed by atoms with Gasteiger partial charge in [-0.15, -0.1) is 0 Å². The second-order valence-electron chi connectivity index (χ2n) is 5.99.